The molecular formula is C36H30F3N5O3. The molecule has 0 radical (unpaired) electrons. The first kappa shape index (κ1) is 29.2. The predicted molar refractivity (Wildman–Crippen MR) is 168 cm³/mol. The van der Waals surface area contributed by atoms with Gasteiger partial charge in [0.1, 0.15) is 17.5 Å². The molecule has 5 aromatic rings. The van der Waals surface area contributed by atoms with Crippen LogP contribution in [0, 0.1) is 17.5 Å². The number of fused-ring (bicyclic) bond motifs is 4. The number of halogens is 3. The van der Waals surface area contributed by atoms with Crippen molar-refractivity contribution in [2.45, 2.75) is 51.1 Å². The highest BCUT2D eigenvalue weighted by Crippen LogP contribution is 2.48. The lowest BCUT2D eigenvalue weighted by Gasteiger charge is -2.32. The van der Waals surface area contributed by atoms with Gasteiger partial charge < -0.3 is 14.2 Å². The highest BCUT2D eigenvalue weighted by atomic mass is 19.1. The molecular weight excluding hydrogens is 607 g/mol. The van der Waals surface area contributed by atoms with Crippen LogP contribution in [0.15, 0.2) is 69.9 Å². The number of amides is 1. The Bertz CT molecular complexity index is 2090. The lowest BCUT2D eigenvalue weighted by atomic mass is 9.88. The number of carbonyl (C=O) groups is 1. The molecule has 1 atom stereocenters. The quantitative estimate of drug-likeness (QED) is 0.218. The van der Waals surface area contributed by atoms with Crippen molar-refractivity contribution in [2.24, 2.45) is 0 Å². The molecule has 5 heterocycles. The number of rotatable bonds is 7. The number of aromatic nitrogens is 3. The summed E-state index contributed by atoms with van der Waals surface area (Å²) in [7, 11) is 0. The Morgan fingerprint density at radius 2 is 1.70 bits per heavy atom. The zero-order valence-electron chi connectivity index (χ0n) is 25.4. The van der Waals surface area contributed by atoms with Crippen molar-refractivity contribution in [2.75, 3.05) is 18.0 Å². The van der Waals surface area contributed by atoms with E-state index in [0.717, 1.165) is 54.1 Å². The Hall–Kier alpha value is -5.19. The van der Waals surface area contributed by atoms with Crippen LogP contribution in [0.3, 0.4) is 0 Å². The second kappa shape index (κ2) is 11.6. The fourth-order valence-electron chi connectivity index (χ4n) is 7.35. The molecule has 0 unspecified atom stereocenters. The minimum Gasteiger partial charge on any atom is -0.388 e. The molecule has 47 heavy (non-hydrogen) atoms. The number of aryl methyl sites for hydroxylation is 3. The molecule has 3 aliphatic rings. The third kappa shape index (κ3) is 5.19. The number of hydrogen-bond acceptors (Lipinski definition) is 6. The molecule has 3 aromatic carbocycles. The molecule has 1 N–H and O–H groups in total. The summed E-state index contributed by atoms with van der Waals surface area (Å²) in [5, 5.41) is 6.55. The Balaban J connectivity index is 1.27. The normalized spacial score (nSPS) is 16.8. The molecule has 3 aliphatic heterocycles. The molecule has 1 fully saturated rings. The van der Waals surface area contributed by atoms with Crippen LogP contribution in [0.1, 0.15) is 63.7 Å². The molecule has 1 amide bonds. The zero-order chi connectivity index (χ0) is 32.2. The van der Waals surface area contributed by atoms with E-state index in [1.54, 1.807) is 12.1 Å². The lowest BCUT2D eigenvalue weighted by Crippen LogP contribution is -2.29. The summed E-state index contributed by atoms with van der Waals surface area (Å²) in [6.07, 6.45) is 4.25. The van der Waals surface area contributed by atoms with Gasteiger partial charge in [0, 0.05) is 42.5 Å². The highest BCUT2D eigenvalue weighted by Gasteiger charge is 2.44. The minimum atomic E-state index is -0.725. The Morgan fingerprint density at radius 3 is 2.49 bits per heavy atom. The second-order valence-electron chi connectivity index (χ2n) is 12.4. The van der Waals surface area contributed by atoms with E-state index >= 15 is 0 Å². The number of aromatic amines is 1. The minimum absolute atomic E-state index is 0.0420. The first-order chi connectivity index (χ1) is 22.8. The van der Waals surface area contributed by atoms with Crippen LogP contribution in [-0.4, -0.2) is 39.1 Å². The van der Waals surface area contributed by atoms with Gasteiger partial charge in [-0.2, -0.15) is 0 Å². The summed E-state index contributed by atoms with van der Waals surface area (Å²) in [5.41, 5.74) is 6.95. The van der Waals surface area contributed by atoms with Crippen LogP contribution >= 0.6 is 0 Å². The number of pyridine rings is 1. The average Bonchev–Trinajstić information content (AvgIpc) is 3.79. The standard InChI is InChI=1S/C36H30F3N5O3/c37-24-10-5-20(6-11-24)7-13-27-31(34-41-42-36(46)47-34)30(32-33(40-27)29-4-2-16-44(29)35(32)45)22-9-14-28-21(17-22)3-1-15-43(28)19-23-8-12-25(38)18-26(23)39/h5-6,8-12,14,17-18,29H,1-4,7,13,15-16,19H2,(H,42,46)/t29-/m0/s1. The molecule has 0 saturated carbocycles. The maximum Gasteiger partial charge on any atom is 0.434 e. The van der Waals surface area contributed by atoms with Crippen LogP contribution < -0.4 is 10.7 Å². The smallest absolute Gasteiger partial charge is 0.388 e. The molecule has 0 bridgehead atoms. The van der Waals surface area contributed by atoms with Crippen molar-refractivity contribution in [1.82, 2.24) is 20.1 Å². The Morgan fingerprint density at radius 1 is 0.872 bits per heavy atom. The van der Waals surface area contributed by atoms with Crippen LogP contribution in [-0.2, 0) is 25.8 Å². The van der Waals surface area contributed by atoms with Crippen molar-refractivity contribution in [3.63, 3.8) is 0 Å². The lowest BCUT2D eigenvalue weighted by molar-refractivity contribution is 0.0776. The fraction of sp³-hybridized carbons (Fsp3) is 0.278. The van der Waals surface area contributed by atoms with Gasteiger partial charge in [-0.1, -0.05) is 24.3 Å². The Labute approximate surface area is 267 Å². The summed E-state index contributed by atoms with van der Waals surface area (Å²) in [5.74, 6) is -2.31. The van der Waals surface area contributed by atoms with Crippen LogP contribution in [0.2, 0.25) is 0 Å². The van der Waals surface area contributed by atoms with Gasteiger partial charge in [0.15, 0.2) is 0 Å². The molecule has 0 aliphatic carbocycles. The van der Waals surface area contributed by atoms with Crippen molar-refractivity contribution < 1.29 is 22.4 Å². The summed E-state index contributed by atoms with van der Waals surface area (Å²) >= 11 is 0. The van der Waals surface area contributed by atoms with E-state index in [1.165, 1.54) is 24.3 Å². The van der Waals surface area contributed by atoms with Crippen molar-refractivity contribution >= 4 is 11.6 Å². The van der Waals surface area contributed by atoms with E-state index in [2.05, 4.69) is 15.1 Å². The summed E-state index contributed by atoms with van der Waals surface area (Å²) < 4.78 is 47.3. The second-order valence-corrected chi connectivity index (χ2v) is 12.4. The number of nitrogens with zero attached hydrogens (tertiary/aromatic N) is 4. The first-order valence-electron chi connectivity index (χ1n) is 15.8. The third-order valence-corrected chi connectivity index (χ3v) is 9.52. The van der Waals surface area contributed by atoms with Crippen LogP contribution in [0.4, 0.5) is 18.9 Å². The molecule has 1 saturated heterocycles. The number of H-pyrrole nitrogens is 1. The maximum atomic E-state index is 14.6. The van der Waals surface area contributed by atoms with Gasteiger partial charge in [-0.3, -0.25) is 9.78 Å². The van der Waals surface area contributed by atoms with Gasteiger partial charge in [-0.25, -0.2) is 23.1 Å². The molecule has 8 nitrogen and oxygen atoms in total. The molecule has 0 spiro atoms. The predicted octanol–water partition coefficient (Wildman–Crippen LogP) is 6.54. The maximum absolute atomic E-state index is 14.6. The van der Waals surface area contributed by atoms with E-state index in [4.69, 9.17) is 9.40 Å². The van der Waals surface area contributed by atoms with E-state index in [9.17, 15) is 22.8 Å². The highest BCUT2D eigenvalue weighted by molar-refractivity contribution is 6.08. The SMILES string of the molecule is O=C1c2c(nc(CCc3ccc(F)cc3)c(-c3n[nH]c(=O)o3)c2-c2ccc3c(c2)CCCN3Cc2ccc(F)cc2F)[C@@H]2CCCN12. The number of carbonyl (C=O) groups excluding carboxylic acids is 1. The first-order valence-corrected chi connectivity index (χ1v) is 15.8. The zero-order valence-corrected chi connectivity index (χ0v) is 25.4. The summed E-state index contributed by atoms with van der Waals surface area (Å²) in [6, 6.07) is 15.8. The molecule has 8 rings (SSSR count). The van der Waals surface area contributed by atoms with E-state index in [-0.39, 0.29) is 30.2 Å². The van der Waals surface area contributed by atoms with E-state index < -0.39 is 17.4 Å². The molecule has 2 aromatic heterocycles. The summed E-state index contributed by atoms with van der Waals surface area (Å²) in [4.78, 5) is 35.3. The van der Waals surface area contributed by atoms with Gasteiger partial charge in [0.25, 0.3) is 11.8 Å². The van der Waals surface area contributed by atoms with E-state index in [0.29, 0.717) is 59.6 Å². The fourth-order valence-corrected chi connectivity index (χ4v) is 7.35. The number of benzene rings is 3. The molecule has 238 valence electrons. The monoisotopic (exact) mass is 637 g/mol. The van der Waals surface area contributed by atoms with Gasteiger partial charge >= 0.3 is 5.76 Å². The number of nitrogens with one attached hydrogen (secondary N) is 1. The van der Waals surface area contributed by atoms with Crippen molar-refractivity contribution in [3.05, 3.63) is 122 Å². The van der Waals surface area contributed by atoms with Gasteiger partial charge in [0.05, 0.1) is 28.6 Å². The average molecular weight is 638 g/mol. The van der Waals surface area contributed by atoms with Gasteiger partial charge in [0.2, 0.25) is 0 Å². The van der Waals surface area contributed by atoms with Crippen molar-refractivity contribution in [1.29, 1.82) is 0 Å². The van der Waals surface area contributed by atoms with Crippen LogP contribution in [0.5, 0.6) is 0 Å². The van der Waals surface area contributed by atoms with Crippen molar-refractivity contribution in [3.8, 4) is 22.6 Å². The largest absolute Gasteiger partial charge is 0.434 e. The van der Waals surface area contributed by atoms with E-state index in [1.807, 2.05) is 23.1 Å². The van der Waals surface area contributed by atoms with Gasteiger partial charge in [-0.15, -0.1) is 5.10 Å². The van der Waals surface area contributed by atoms with Crippen LogP contribution in [0.25, 0.3) is 22.6 Å². The number of hydrogen-bond donors (Lipinski definition) is 1. The topological polar surface area (TPSA) is 95.3 Å². The van der Waals surface area contributed by atoms with Gasteiger partial charge in [-0.05, 0) is 85.5 Å². The molecule has 11 heteroatoms. The Kier molecular flexibility index (Phi) is 7.19. The summed E-state index contributed by atoms with van der Waals surface area (Å²) in [6.45, 7) is 1.63. The number of anilines is 1. The third-order valence-electron chi connectivity index (χ3n) is 9.52.